The van der Waals surface area contributed by atoms with E-state index in [2.05, 4.69) is 41.8 Å². The Morgan fingerprint density at radius 2 is 1.86 bits per heavy atom. The van der Waals surface area contributed by atoms with Crippen molar-refractivity contribution < 1.29 is 13.2 Å². The van der Waals surface area contributed by atoms with Gasteiger partial charge < -0.3 is 5.73 Å². The molecule has 3 aromatic heterocycles. The number of benzene rings is 1. The molecule has 0 aliphatic heterocycles. The third kappa shape index (κ3) is 4.62. The highest BCUT2D eigenvalue weighted by atomic mass is 32.2. The minimum absolute atomic E-state index is 0.0268. The lowest BCUT2D eigenvalue weighted by Gasteiger charge is -2.34. The monoisotopic (exact) mass is 541 g/mol. The molecule has 0 spiro atoms. The fraction of sp³-hybridized carbons (Fsp3) is 0.360. The van der Waals surface area contributed by atoms with Gasteiger partial charge in [0.15, 0.2) is 0 Å². The van der Waals surface area contributed by atoms with E-state index in [0.717, 1.165) is 46.5 Å². The number of nitrogens with zero attached hydrogens (tertiary/aromatic N) is 3. The Labute approximate surface area is 218 Å². The first kappa shape index (κ1) is 24.8. The van der Waals surface area contributed by atoms with Gasteiger partial charge in [-0.3, -0.25) is 9.52 Å². The Balaban J connectivity index is 1.41. The summed E-state index contributed by atoms with van der Waals surface area (Å²) in [5, 5.41) is 9.26. The van der Waals surface area contributed by atoms with Gasteiger partial charge in [0, 0.05) is 16.6 Å². The number of rotatable bonds is 5. The molecule has 1 aliphatic carbocycles. The van der Waals surface area contributed by atoms with Crippen LogP contribution in [0.25, 0.3) is 10.2 Å². The number of fused-ring (bicyclic) bond motifs is 2. The summed E-state index contributed by atoms with van der Waals surface area (Å²) in [5.41, 5.74) is 9.76. The minimum Gasteiger partial charge on any atom is -0.397 e. The fourth-order valence-corrected chi connectivity index (χ4v) is 7.41. The summed E-state index contributed by atoms with van der Waals surface area (Å²) in [5.74, 6) is 0.322. The van der Waals surface area contributed by atoms with Crippen LogP contribution in [-0.4, -0.2) is 29.4 Å². The number of thiophene rings is 1. The molecular weight excluding hydrogens is 515 g/mol. The van der Waals surface area contributed by atoms with Gasteiger partial charge in [0.05, 0.1) is 10.6 Å². The van der Waals surface area contributed by atoms with Crippen molar-refractivity contribution in [2.75, 3.05) is 10.5 Å². The molecule has 1 aliphatic rings. The molecule has 1 unspecified atom stereocenters. The molecule has 3 N–H and O–H groups in total. The van der Waals surface area contributed by atoms with Crippen LogP contribution in [0.4, 0.5) is 10.8 Å². The quantitative estimate of drug-likeness (QED) is 0.331. The summed E-state index contributed by atoms with van der Waals surface area (Å²) in [4.78, 5) is 19.4. The highest BCUT2D eigenvalue weighted by Gasteiger charge is 2.30. The zero-order valence-corrected chi connectivity index (χ0v) is 22.9. The number of carbonyl (C=O) groups excluding carboxylic acids is 1. The molecule has 3 heterocycles. The second-order valence-corrected chi connectivity index (χ2v) is 14.0. The van der Waals surface area contributed by atoms with E-state index < -0.39 is 10.0 Å². The number of sulfonamides is 1. The molecule has 0 amide bonds. The van der Waals surface area contributed by atoms with Crippen molar-refractivity contribution in [1.82, 2.24) is 15.2 Å². The average Bonchev–Trinajstić information content (AvgIpc) is 3.38. The van der Waals surface area contributed by atoms with Crippen LogP contribution in [0.2, 0.25) is 0 Å². The lowest BCUT2D eigenvalue weighted by Crippen LogP contribution is -2.27. The third-order valence-corrected chi connectivity index (χ3v) is 10.0. The summed E-state index contributed by atoms with van der Waals surface area (Å²) in [6.07, 6.45) is 2.99. The lowest BCUT2D eigenvalue weighted by molar-refractivity contribution is 0.104. The predicted octanol–water partition coefficient (Wildman–Crippen LogP) is 5.22. The Bertz CT molecular complexity index is 1580. The molecular formula is C25H27N5O3S3. The van der Waals surface area contributed by atoms with Gasteiger partial charge in [-0.05, 0) is 73.4 Å². The summed E-state index contributed by atoms with van der Waals surface area (Å²) < 4.78 is 27.7. The van der Waals surface area contributed by atoms with E-state index in [1.54, 1.807) is 6.92 Å². The number of aryl methyl sites for hydroxylation is 2. The molecule has 4 aromatic rings. The molecule has 188 valence electrons. The first-order valence-corrected chi connectivity index (χ1v) is 14.7. The van der Waals surface area contributed by atoms with Gasteiger partial charge >= 0.3 is 0 Å². The number of pyridine rings is 1. The maximum absolute atomic E-state index is 13.3. The van der Waals surface area contributed by atoms with Crippen LogP contribution in [-0.2, 0) is 22.9 Å². The Hall–Kier alpha value is -2.89. The van der Waals surface area contributed by atoms with Gasteiger partial charge in [-0.2, -0.15) is 0 Å². The van der Waals surface area contributed by atoms with Gasteiger partial charge in [0.1, 0.15) is 14.7 Å². The number of anilines is 2. The third-order valence-electron chi connectivity index (χ3n) is 6.69. The van der Waals surface area contributed by atoms with Crippen LogP contribution < -0.4 is 10.5 Å². The van der Waals surface area contributed by atoms with E-state index in [1.807, 2.05) is 0 Å². The van der Waals surface area contributed by atoms with E-state index in [4.69, 9.17) is 10.7 Å². The molecule has 1 atom stereocenters. The number of aromatic nitrogens is 3. The van der Waals surface area contributed by atoms with Crippen LogP contribution in [0.5, 0.6) is 0 Å². The molecule has 1 aromatic carbocycles. The maximum Gasteiger partial charge on any atom is 0.263 e. The van der Waals surface area contributed by atoms with Crippen molar-refractivity contribution in [3.05, 3.63) is 57.0 Å². The minimum atomic E-state index is -3.85. The largest absolute Gasteiger partial charge is 0.397 e. The molecule has 8 nitrogen and oxygen atoms in total. The highest BCUT2D eigenvalue weighted by Crippen LogP contribution is 2.41. The number of ketones is 1. The highest BCUT2D eigenvalue weighted by molar-refractivity contribution is 7.93. The van der Waals surface area contributed by atoms with Crippen LogP contribution in [0.1, 0.15) is 58.7 Å². The summed E-state index contributed by atoms with van der Waals surface area (Å²) in [6.45, 7) is 8.55. The Morgan fingerprint density at radius 1 is 1.14 bits per heavy atom. The van der Waals surface area contributed by atoms with E-state index >= 15 is 0 Å². The van der Waals surface area contributed by atoms with Crippen molar-refractivity contribution in [2.45, 2.75) is 51.9 Å². The molecule has 0 saturated heterocycles. The van der Waals surface area contributed by atoms with Gasteiger partial charge in [-0.15, -0.1) is 21.5 Å². The van der Waals surface area contributed by atoms with Crippen LogP contribution in [0, 0.1) is 18.3 Å². The van der Waals surface area contributed by atoms with Crippen LogP contribution in [0.15, 0.2) is 35.2 Å². The summed E-state index contributed by atoms with van der Waals surface area (Å²) in [6, 6.07) is 7.90. The maximum atomic E-state index is 13.3. The van der Waals surface area contributed by atoms with Crippen molar-refractivity contribution >= 4 is 59.5 Å². The van der Waals surface area contributed by atoms with E-state index in [1.165, 1.54) is 41.2 Å². The standard InChI is InChI=1S/C25H27N5O3S3/c1-13-28-29-24(34-13)30-36(32,33)17-8-5-14(6-9-17)21(31)22-20(26)18-12-15-11-16(25(2,3)4)7-10-19(15)27-23(18)35-22/h5-6,8-9,12,16H,7,10-11,26H2,1-4H3,(H,29,30). The van der Waals surface area contributed by atoms with Gasteiger partial charge in [-0.1, -0.05) is 32.1 Å². The molecule has 5 rings (SSSR count). The van der Waals surface area contributed by atoms with Crippen molar-refractivity contribution in [2.24, 2.45) is 11.3 Å². The van der Waals surface area contributed by atoms with Crippen LogP contribution in [0.3, 0.4) is 0 Å². The number of nitrogen functional groups attached to an aromatic ring is 1. The summed E-state index contributed by atoms with van der Waals surface area (Å²) >= 11 is 2.43. The van der Waals surface area contributed by atoms with Crippen molar-refractivity contribution in [3.63, 3.8) is 0 Å². The number of hydrogen-bond donors (Lipinski definition) is 2. The number of nitrogens with one attached hydrogen (secondary N) is 1. The second kappa shape index (κ2) is 8.89. The van der Waals surface area contributed by atoms with E-state index in [9.17, 15) is 13.2 Å². The first-order chi connectivity index (χ1) is 16.9. The number of carbonyl (C=O) groups is 1. The molecule has 11 heteroatoms. The Morgan fingerprint density at radius 3 is 2.50 bits per heavy atom. The zero-order valence-electron chi connectivity index (χ0n) is 20.5. The topological polar surface area (TPSA) is 128 Å². The van der Waals surface area contributed by atoms with Gasteiger partial charge in [0.2, 0.25) is 10.9 Å². The predicted molar refractivity (Wildman–Crippen MR) is 144 cm³/mol. The lowest BCUT2D eigenvalue weighted by atomic mass is 9.71. The number of nitrogens with two attached hydrogens (primary N) is 1. The van der Waals surface area contributed by atoms with Gasteiger partial charge in [0.25, 0.3) is 10.0 Å². The zero-order chi connectivity index (χ0) is 25.8. The summed E-state index contributed by atoms with van der Waals surface area (Å²) in [7, 11) is -3.85. The average molecular weight is 542 g/mol. The molecule has 0 radical (unpaired) electrons. The Kier molecular flexibility index (Phi) is 6.12. The molecule has 0 saturated carbocycles. The van der Waals surface area contributed by atoms with Crippen molar-refractivity contribution in [3.8, 4) is 0 Å². The van der Waals surface area contributed by atoms with Crippen LogP contribution >= 0.6 is 22.7 Å². The molecule has 0 fully saturated rings. The number of hydrogen-bond acceptors (Lipinski definition) is 9. The molecule has 36 heavy (non-hydrogen) atoms. The smallest absolute Gasteiger partial charge is 0.263 e. The van der Waals surface area contributed by atoms with E-state index in [-0.39, 0.29) is 21.2 Å². The first-order valence-electron chi connectivity index (χ1n) is 11.6. The second-order valence-electron chi connectivity index (χ2n) is 10.2. The van der Waals surface area contributed by atoms with Gasteiger partial charge in [-0.25, -0.2) is 13.4 Å². The van der Waals surface area contributed by atoms with Crippen molar-refractivity contribution in [1.29, 1.82) is 0 Å². The normalized spacial score (nSPS) is 16.2. The molecule has 0 bridgehead atoms. The SMILES string of the molecule is Cc1nnc(NS(=O)(=O)c2ccc(C(=O)c3sc4nc5c(cc4c3N)CC(C(C)(C)C)CC5)cc2)s1. The fourth-order valence-electron chi connectivity index (χ4n) is 4.53. The van der Waals surface area contributed by atoms with E-state index in [0.29, 0.717) is 27.1 Å².